The number of aromatic nitrogens is 2. The second kappa shape index (κ2) is 8.14. The van der Waals surface area contributed by atoms with E-state index in [-0.39, 0.29) is 23.7 Å². The summed E-state index contributed by atoms with van der Waals surface area (Å²) in [5.74, 6) is 0.509. The van der Waals surface area contributed by atoms with Gasteiger partial charge in [-0.1, -0.05) is 12.2 Å². The lowest BCUT2D eigenvalue weighted by Gasteiger charge is -2.15. The van der Waals surface area contributed by atoms with Crippen molar-refractivity contribution in [2.24, 2.45) is 0 Å². The molecule has 0 unspecified atom stereocenters. The number of rotatable bonds is 5. The van der Waals surface area contributed by atoms with E-state index in [1.165, 1.54) is 12.1 Å². The van der Waals surface area contributed by atoms with Gasteiger partial charge < -0.3 is 10.1 Å². The van der Waals surface area contributed by atoms with Crippen LogP contribution in [-0.2, 0) is 0 Å². The van der Waals surface area contributed by atoms with E-state index in [1.54, 1.807) is 43.5 Å². The average Bonchev–Trinajstić information content (AvgIpc) is 3.32. The van der Waals surface area contributed by atoms with Crippen molar-refractivity contribution in [1.82, 2.24) is 15.1 Å². The molecule has 0 saturated carbocycles. The SMILES string of the molecule is COc1ccc(C(=O)N[C@@H]2C=C[C@H](c3c(C)nn(-c4ccc(F)cc4)c3C)C2)cc1. The highest BCUT2D eigenvalue weighted by molar-refractivity contribution is 5.94. The first-order valence-corrected chi connectivity index (χ1v) is 9.91. The predicted molar refractivity (Wildman–Crippen MR) is 114 cm³/mol. The first-order chi connectivity index (χ1) is 14.5. The normalized spacial score (nSPS) is 17.9. The Hall–Kier alpha value is -3.41. The Morgan fingerprint density at radius 2 is 1.80 bits per heavy atom. The predicted octanol–water partition coefficient (Wildman–Crippen LogP) is 4.48. The van der Waals surface area contributed by atoms with Crippen molar-refractivity contribution in [2.45, 2.75) is 32.2 Å². The number of ether oxygens (including phenoxy) is 1. The molecule has 1 aliphatic rings. The van der Waals surface area contributed by atoms with Crippen molar-refractivity contribution in [3.8, 4) is 11.4 Å². The fourth-order valence-electron chi connectivity index (χ4n) is 4.04. The molecule has 0 spiro atoms. The fraction of sp³-hybridized carbons (Fsp3) is 0.250. The van der Waals surface area contributed by atoms with E-state index in [0.29, 0.717) is 5.56 Å². The number of allylic oxidation sites excluding steroid dienone is 1. The fourth-order valence-corrected chi connectivity index (χ4v) is 4.04. The minimum Gasteiger partial charge on any atom is -0.497 e. The summed E-state index contributed by atoms with van der Waals surface area (Å²) in [5.41, 5.74) is 4.54. The minimum atomic E-state index is -0.269. The van der Waals surface area contributed by atoms with E-state index in [0.717, 1.165) is 34.8 Å². The van der Waals surface area contributed by atoms with Crippen molar-refractivity contribution in [1.29, 1.82) is 0 Å². The molecule has 1 aliphatic carbocycles. The summed E-state index contributed by atoms with van der Waals surface area (Å²) >= 11 is 0. The largest absolute Gasteiger partial charge is 0.497 e. The summed E-state index contributed by atoms with van der Waals surface area (Å²) < 4.78 is 20.2. The lowest BCUT2D eigenvalue weighted by atomic mass is 9.96. The Morgan fingerprint density at radius 1 is 1.10 bits per heavy atom. The number of methoxy groups -OCH3 is 1. The van der Waals surface area contributed by atoms with Gasteiger partial charge in [-0.15, -0.1) is 0 Å². The number of nitrogens with one attached hydrogen (secondary N) is 1. The summed E-state index contributed by atoms with van der Waals surface area (Å²) in [7, 11) is 1.60. The molecule has 1 amide bonds. The number of halogens is 1. The van der Waals surface area contributed by atoms with E-state index < -0.39 is 0 Å². The maximum absolute atomic E-state index is 13.3. The Balaban J connectivity index is 1.47. The van der Waals surface area contributed by atoms with Gasteiger partial charge >= 0.3 is 0 Å². The van der Waals surface area contributed by atoms with Crippen LogP contribution in [0.1, 0.15) is 39.6 Å². The number of benzene rings is 2. The monoisotopic (exact) mass is 405 g/mol. The smallest absolute Gasteiger partial charge is 0.251 e. The van der Waals surface area contributed by atoms with Crippen molar-refractivity contribution >= 4 is 5.91 Å². The van der Waals surface area contributed by atoms with Gasteiger partial charge in [0.15, 0.2) is 0 Å². The number of carbonyl (C=O) groups is 1. The van der Waals surface area contributed by atoms with Gasteiger partial charge in [-0.25, -0.2) is 9.07 Å². The third-order valence-corrected chi connectivity index (χ3v) is 5.54. The van der Waals surface area contributed by atoms with Crippen LogP contribution in [0, 0.1) is 19.7 Å². The van der Waals surface area contributed by atoms with Gasteiger partial charge in [-0.05, 0) is 68.8 Å². The number of nitrogens with zero attached hydrogens (tertiary/aromatic N) is 2. The van der Waals surface area contributed by atoms with Crippen LogP contribution in [0.5, 0.6) is 5.75 Å². The molecule has 30 heavy (non-hydrogen) atoms. The van der Waals surface area contributed by atoms with Gasteiger partial charge in [0.05, 0.1) is 18.5 Å². The van der Waals surface area contributed by atoms with E-state index in [1.807, 2.05) is 24.6 Å². The second-order valence-corrected chi connectivity index (χ2v) is 7.51. The highest BCUT2D eigenvalue weighted by Crippen LogP contribution is 2.34. The molecule has 1 heterocycles. The third kappa shape index (κ3) is 3.85. The maximum atomic E-state index is 13.3. The Labute approximate surface area is 175 Å². The zero-order chi connectivity index (χ0) is 21.3. The average molecular weight is 405 g/mol. The summed E-state index contributed by atoms with van der Waals surface area (Å²) in [6.07, 6.45) is 4.95. The van der Waals surface area contributed by atoms with Crippen LogP contribution >= 0.6 is 0 Å². The molecule has 0 bridgehead atoms. The van der Waals surface area contributed by atoms with Gasteiger partial charge in [0.1, 0.15) is 11.6 Å². The molecule has 0 radical (unpaired) electrons. The van der Waals surface area contributed by atoms with Crippen LogP contribution in [0.25, 0.3) is 5.69 Å². The van der Waals surface area contributed by atoms with Crippen LogP contribution in [-0.4, -0.2) is 28.8 Å². The standard InChI is InChI=1S/C24H24FN3O2/c1-15-23(16(2)28(27-15)21-10-7-19(25)8-11-21)18-4-9-20(14-18)26-24(29)17-5-12-22(30-3)13-6-17/h4-13,18,20H,14H2,1-3H3,(H,26,29)/t18-,20+/m0/s1. The Bertz CT molecular complexity index is 1080. The number of hydrogen-bond donors (Lipinski definition) is 1. The van der Waals surface area contributed by atoms with Crippen molar-refractivity contribution in [3.05, 3.63) is 89.0 Å². The molecule has 6 heteroatoms. The maximum Gasteiger partial charge on any atom is 0.251 e. The van der Waals surface area contributed by atoms with Crippen LogP contribution in [0.2, 0.25) is 0 Å². The molecule has 1 aromatic heterocycles. The molecule has 154 valence electrons. The van der Waals surface area contributed by atoms with E-state index >= 15 is 0 Å². The summed E-state index contributed by atoms with van der Waals surface area (Å²) in [6, 6.07) is 13.3. The second-order valence-electron chi connectivity index (χ2n) is 7.51. The topological polar surface area (TPSA) is 56.1 Å². The number of amides is 1. The Kier molecular flexibility index (Phi) is 5.40. The Morgan fingerprint density at radius 3 is 2.47 bits per heavy atom. The quantitative estimate of drug-likeness (QED) is 0.637. The van der Waals surface area contributed by atoms with Crippen LogP contribution < -0.4 is 10.1 Å². The molecular weight excluding hydrogens is 381 g/mol. The van der Waals surface area contributed by atoms with Crippen LogP contribution in [0.3, 0.4) is 0 Å². The van der Waals surface area contributed by atoms with Crippen LogP contribution in [0.15, 0.2) is 60.7 Å². The highest BCUT2D eigenvalue weighted by Gasteiger charge is 2.27. The molecule has 1 N–H and O–H groups in total. The summed E-state index contributed by atoms with van der Waals surface area (Å²) in [6.45, 7) is 4.01. The van der Waals surface area contributed by atoms with Crippen molar-refractivity contribution < 1.29 is 13.9 Å². The summed E-state index contributed by atoms with van der Waals surface area (Å²) in [5, 5.41) is 7.75. The third-order valence-electron chi connectivity index (χ3n) is 5.54. The number of aryl methyl sites for hydroxylation is 1. The van der Waals surface area contributed by atoms with Crippen molar-refractivity contribution in [2.75, 3.05) is 7.11 Å². The molecule has 0 fully saturated rings. The lowest BCUT2D eigenvalue weighted by molar-refractivity contribution is 0.0944. The molecule has 4 rings (SSSR count). The van der Waals surface area contributed by atoms with E-state index in [9.17, 15) is 9.18 Å². The molecule has 0 saturated heterocycles. The zero-order valence-corrected chi connectivity index (χ0v) is 17.2. The van der Waals surface area contributed by atoms with Gasteiger partial charge in [0, 0.05) is 28.8 Å². The molecule has 0 aliphatic heterocycles. The van der Waals surface area contributed by atoms with Crippen LogP contribution in [0.4, 0.5) is 4.39 Å². The van der Waals surface area contributed by atoms with E-state index in [2.05, 4.69) is 16.5 Å². The lowest BCUT2D eigenvalue weighted by Crippen LogP contribution is -2.32. The van der Waals surface area contributed by atoms with Gasteiger partial charge in [-0.2, -0.15) is 5.10 Å². The minimum absolute atomic E-state index is 0.0439. The number of hydrogen-bond acceptors (Lipinski definition) is 3. The van der Waals surface area contributed by atoms with Gasteiger partial charge in [0.25, 0.3) is 5.91 Å². The molecule has 3 aromatic rings. The molecule has 5 nitrogen and oxygen atoms in total. The molecule has 2 aromatic carbocycles. The molecular formula is C24H24FN3O2. The van der Waals surface area contributed by atoms with Gasteiger partial charge in [0.2, 0.25) is 0 Å². The van der Waals surface area contributed by atoms with Gasteiger partial charge in [-0.3, -0.25) is 4.79 Å². The summed E-state index contributed by atoms with van der Waals surface area (Å²) in [4.78, 5) is 12.6. The van der Waals surface area contributed by atoms with Crippen molar-refractivity contribution in [3.63, 3.8) is 0 Å². The number of carbonyl (C=O) groups excluding carboxylic acids is 1. The van der Waals surface area contributed by atoms with E-state index in [4.69, 9.17) is 4.74 Å². The first-order valence-electron chi connectivity index (χ1n) is 9.91. The molecule has 2 atom stereocenters. The zero-order valence-electron chi connectivity index (χ0n) is 17.2. The first kappa shape index (κ1) is 19.9. The highest BCUT2D eigenvalue weighted by atomic mass is 19.1.